The van der Waals surface area contributed by atoms with Gasteiger partial charge in [0.05, 0.1) is 5.69 Å². The second-order valence-electron chi connectivity index (χ2n) is 5.19. The number of nitrogens with one attached hydrogen (secondary N) is 1. The van der Waals surface area contributed by atoms with Crippen molar-refractivity contribution in [1.29, 1.82) is 0 Å². The van der Waals surface area contributed by atoms with Gasteiger partial charge >= 0.3 is 0 Å². The van der Waals surface area contributed by atoms with E-state index in [1.165, 1.54) is 6.07 Å². The zero-order chi connectivity index (χ0) is 14.0. The molecule has 0 unspecified atom stereocenters. The Labute approximate surface area is 113 Å². The van der Waals surface area contributed by atoms with Gasteiger partial charge in [0.1, 0.15) is 5.82 Å². The van der Waals surface area contributed by atoms with Gasteiger partial charge in [-0.2, -0.15) is 5.10 Å². The average Bonchev–Trinajstić information content (AvgIpc) is 2.72. The predicted octanol–water partition coefficient (Wildman–Crippen LogP) is 3.60. The molecule has 19 heavy (non-hydrogen) atoms. The quantitative estimate of drug-likeness (QED) is 0.911. The van der Waals surface area contributed by atoms with Crippen molar-refractivity contribution in [3.05, 3.63) is 47.0 Å². The van der Waals surface area contributed by atoms with Gasteiger partial charge in [0.2, 0.25) is 0 Å². The zero-order valence-electron chi connectivity index (χ0n) is 11.9. The number of hydrogen-bond donors (Lipinski definition) is 1. The van der Waals surface area contributed by atoms with Crippen molar-refractivity contribution in [3.8, 4) is 0 Å². The molecule has 0 fully saturated rings. The number of aromatic nitrogens is 2. The largest absolute Gasteiger partial charge is 0.381 e. The zero-order valence-corrected chi connectivity index (χ0v) is 11.9. The molecule has 0 saturated heterocycles. The van der Waals surface area contributed by atoms with Gasteiger partial charge in [-0.25, -0.2) is 4.39 Å². The molecule has 1 aromatic heterocycles. The van der Waals surface area contributed by atoms with Crippen molar-refractivity contribution < 1.29 is 4.39 Å². The highest BCUT2D eigenvalue weighted by Crippen LogP contribution is 2.19. The third kappa shape index (κ3) is 3.13. The summed E-state index contributed by atoms with van der Waals surface area (Å²) in [6.45, 7) is 6.66. The van der Waals surface area contributed by atoms with Crippen molar-refractivity contribution in [3.63, 3.8) is 0 Å². The van der Waals surface area contributed by atoms with Crippen LogP contribution in [0.25, 0.3) is 0 Å². The minimum Gasteiger partial charge on any atom is -0.381 e. The van der Waals surface area contributed by atoms with Gasteiger partial charge in [-0.05, 0) is 30.5 Å². The Morgan fingerprint density at radius 1 is 1.37 bits per heavy atom. The van der Waals surface area contributed by atoms with Crippen molar-refractivity contribution in [2.75, 3.05) is 5.32 Å². The van der Waals surface area contributed by atoms with Gasteiger partial charge in [-0.15, -0.1) is 0 Å². The lowest BCUT2D eigenvalue weighted by molar-refractivity contribution is 0.619. The highest BCUT2D eigenvalue weighted by molar-refractivity contribution is 5.45. The van der Waals surface area contributed by atoms with Crippen LogP contribution in [0.4, 0.5) is 10.1 Å². The summed E-state index contributed by atoms with van der Waals surface area (Å²) in [7, 11) is 1.92. The molecule has 1 aromatic carbocycles. The first-order valence-electron chi connectivity index (χ1n) is 6.50. The molecule has 0 amide bonds. The smallest absolute Gasteiger partial charge is 0.128 e. The highest BCUT2D eigenvalue weighted by Gasteiger charge is 2.11. The van der Waals surface area contributed by atoms with Crippen LogP contribution < -0.4 is 5.32 Å². The lowest BCUT2D eigenvalue weighted by Crippen LogP contribution is -2.03. The Bertz CT molecular complexity index is 573. The van der Waals surface area contributed by atoms with Crippen molar-refractivity contribution in [2.24, 2.45) is 7.05 Å². The second-order valence-corrected chi connectivity index (χ2v) is 5.19. The van der Waals surface area contributed by atoms with E-state index < -0.39 is 0 Å². The minimum absolute atomic E-state index is 0.180. The molecule has 0 spiro atoms. The van der Waals surface area contributed by atoms with Crippen LogP contribution in [0.15, 0.2) is 24.4 Å². The Hall–Kier alpha value is -1.84. The summed E-state index contributed by atoms with van der Waals surface area (Å²) in [5.41, 5.74) is 3.69. The van der Waals surface area contributed by atoms with Crippen LogP contribution in [0.3, 0.4) is 0 Å². The summed E-state index contributed by atoms with van der Waals surface area (Å²) in [5, 5.41) is 7.70. The SMILES string of the molecule is Cc1ccc(NCc2cn(C)nc2C(C)C)cc1F. The molecule has 2 aromatic rings. The first-order chi connectivity index (χ1) is 8.97. The van der Waals surface area contributed by atoms with E-state index >= 15 is 0 Å². The molecule has 0 radical (unpaired) electrons. The van der Waals surface area contributed by atoms with Gasteiger partial charge in [-0.1, -0.05) is 19.9 Å². The predicted molar refractivity (Wildman–Crippen MR) is 75.8 cm³/mol. The van der Waals surface area contributed by atoms with Gasteiger partial charge in [0.15, 0.2) is 0 Å². The number of halogens is 1. The van der Waals surface area contributed by atoms with Crippen LogP contribution in [-0.4, -0.2) is 9.78 Å². The van der Waals surface area contributed by atoms with E-state index in [1.807, 2.05) is 24.0 Å². The van der Waals surface area contributed by atoms with E-state index in [9.17, 15) is 4.39 Å². The molecule has 0 atom stereocenters. The molecule has 3 nitrogen and oxygen atoms in total. The third-order valence-electron chi connectivity index (χ3n) is 3.14. The number of benzene rings is 1. The first-order valence-corrected chi connectivity index (χ1v) is 6.50. The van der Waals surface area contributed by atoms with E-state index in [0.29, 0.717) is 18.0 Å². The molecule has 0 bridgehead atoms. The molecule has 102 valence electrons. The second kappa shape index (κ2) is 5.43. The molecule has 0 aliphatic rings. The fourth-order valence-corrected chi connectivity index (χ4v) is 2.08. The number of nitrogens with zero attached hydrogens (tertiary/aromatic N) is 2. The summed E-state index contributed by atoms with van der Waals surface area (Å²) >= 11 is 0. The summed E-state index contributed by atoms with van der Waals surface area (Å²) in [6.07, 6.45) is 2.01. The monoisotopic (exact) mass is 261 g/mol. The molecule has 1 N–H and O–H groups in total. The molecule has 0 aliphatic heterocycles. The third-order valence-corrected chi connectivity index (χ3v) is 3.14. The molecule has 2 rings (SSSR count). The topological polar surface area (TPSA) is 29.9 Å². The Balaban J connectivity index is 2.12. The number of anilines is 1. The van der Waals surface area contributed by atoms with Gasteiger partial charge in [-0.3, -0.25) is 4.68 Å². The number of rotatable bonds is 4. The lowest BCUT2D eigenvalue weighted by Gasteiger charge is -2.09. The maximum absolute atomic E-state index is 13.5. The molecular formula is C15H20FN3. The van der Waals surface area contributed by atoms with E-state index in [-0.39, 0.29) is 5.82 Å². The molecule has 0 aliphatic carbocycles. The molecule has 0 saturated carbocycles. The van der Waals surface area contributed by atoms with E-state index in [2.05, 4.69) is 24.3 Å². The van der Waals surface area contributed by atoms with Crippen LogP contribution in [0.2, 0.25) is 0 Å². The first kappa shape index (κ1) is 13.6. The van der Waals surface area contributed by atoms with Crippen molar-refractivity contribution >= 4 is 5.69 Å². The van der Waals surface area contributed by atoms with Crippen LogP contribution >= 0.6 is 0 Å². The summed E-state index contributed by atoms with van der Waals surface area (Å²) in [6, 6.07) is 5.20. The summed E-state index contributed by atoms with van der Waals surface area (Å²) in [4.78, 5) is 0. The van der Waals surface area contributed by atoms with Crippen molar-refractivity contribution in [1.82, 2.24) is 9.78 Å². The molecule has 1 heterocycles. The Morgan fingerprint density at radius 2 is 2.11 bits per heavy atom. The van der Waals surface area contributed by atoms with Crippen LogP contribution in [-0.2, 0) is 13.6 Å². The van der Waals surface area contributed by atoms with Crippen LogP contribution in [0.5, 0.6) is 0 Å². The van der Waals surface area contributed by atoms with E-state index in [0.717, 1.165) is 16.9 Å². The normalized spacial score (nSPS) is 11.1. The maximum atomic E-state index is 13.5. The fraction of sp³-hybridized carbons (Fsp3) is 0.400. The van der Waals surface area contributed by atoms with Gasteiger partial charge in [0.25, 0.3) is 0 Å². The van der Waals surface area contributed by atoms with Crippen LogP contribution in [0, 0.1) is 12.7 Å². The number of aryl methyl sites for hydroxylation is 2. The summed E-state index contributed by atoms with van der Waals surface area (Å²) in [5.74, 6) is 0.202. The Morgan fingerprint density at radius 3 is 2.74 bits per heavy atom. The standard InChI is InChI=1S/C15H20FN3/c1-10(2)15-12(9-19(4)18-15)8-17-13-6-5-11(3)14(16)7-13/h5-7,9-10,17H,8H2,1-4H3. The fourth-order valence-electron chi connectivity index (χ4n) is 2.08. The van der Waals surface area contributed by atoms with E-state index in [1.54, 1.807) is 13.0 Å². The van der Waals surface area contributed by atoms with E-state index in [4.69, 9.17) is 0 Å². The summed E-state index contributed by atoms with van der Waals surface area (Å²) < 4.78 is 15.3. The highest BCUT2D eigenvalue weighted by atomic mass is 19.1. The average molecular weight is 261 g/mol. The molecule has 4 heteroatoms. The van der Waals surface area contributed by atoms with Crippen molar-refractivity contribution in [2.45, 2.75) is 33.2 Å². The minimum atomic E-state index is -0.180. The Kier molecular flexibility index (Phi) is 3.88. The van der Waals surface area contributed by atoms with Gasteiger partial charge in [0, 0.05) is 31.0 Å². The molecular weight excluding hydrogens is 241 g/mol. The lowest BCUT2D eigenvalue weighted by atomic mass is 10.1. The maximum Gasteiger partial charge on any atom is 0.128 e. The van der Waals surface area contributed by atoms with Gasteiger partial charge < -0.3 is 5.32 Å². The number of hydrogen-bond acceptors (Lipinski definition) is 2. The van der Waals surface area contributed by atoms with Crippen LogP contribution in [0.1, 0.15) is 36.6 Å².